The Morgan fingerprint density at radius 2 is 2.18 bits per heavy atom. The van der Waals surface area contributed by atoms with Crippen LogP contribution in [0.1, 0.15) is 17.3 Å². The van der Waals surface area contributed by atoms with Crippen LogP contribution in [0, 0.1) is 0 Å². The minimum atomic E-state index is -0.977. The van der Waals surface area contributed by atoms with Gasteiger partial charge in [0.2, 0.25) is 0 Å². The summed E-state index contributed by atoms with van der Waals surface area (Å²) in [7, 11) is 0. The summed E-state index contributed by atoms with van der Waals surface area (Å²) in [5.41, 5.74) is 9.98. The van der Waals surface area contributed by atoms with Gasteiger partial charge in [-0.3, -0.25) is 9.88 Å². The van der Waals surface area contributed by atoms with Crippen LogP contribution in [0.5, 0.6) is 0 Å². The van der Waals surface area contributed by atoms with E-state index in [1.807, 2.05) is 23.1 Å². The third kappa shape index (κ3) is 2.58. The molecule has 5 heterocycles. The minimum Gasteiger partial charge on any atom is -0.382 e. The zero-order valence-corrected chi connectivity index (χ0v) is 15.1. The van der Waals surface area contributed by atoms with Crippen molar-refractivity contribution in [2.75, 3.05) is 25.4 Å². The number of nitrogen functional groups attached to an aromatic ring is 1. The van der Waals surface area contributed by atoms with Crippen LogP contribution in [0.25, 0.3) is 16.8 Å². The number of alkyl halides is 1. The number of aldehydes is 1. The second-order valence-electron chi connectivity index (χ2n) is 7.23. The van der Waals surface area contributed by atoms with Crippen molar-refractivity contribution >= 4 is 17.6 Å². The van der Waals surface area contributed by atoms with Gasteiger partial charge < -0.3 is 15.8 Å². The van der Waals surface area contributed by atoms with Gasteiger partial charge in [0, 0.05) is 43.5 Å². The molecular weight excluding hydrogens is 361 g/mol. The van der Waals surface area contributed by atoms with Gasteiger partial charge in [0.15, 0.2) is 5.82 Å². The number of hydrogen-bond acceptors (Lipinski definition) is 7. The molecule has 1 saturated heterocycles. The van der Waals surface area contributed by atoms with Crippen LogP contribution < -0.4 is 11.1 Å². The van der Waals surface area contributed by atoms with Crippen molar-refractivity contribution in [2.24, 2.45) is 0 Å². The summed E-state index contributed by atoms with van der Waals surface area (Å²) in [4.78, 5) is 22.6. The summed E-state index contributed by atoms with van der Waals surface area (Å²) < 4.78 is 16.0. The molecule has 0 radical (unpaired) electrons. The van der Waals surface area contributed by atoms with E-state index in [0.717, 1.165) is 28.8 Å². The van der Waals surface area contributed by atoms with E-state index < -0.39 is 12.2 Å². The Labute approximate surface area is 160 Å². The Kier molecular flexibility index (Phi) is 4.06. The molecule has 0 bridgehead atoms. The summed E-state index contributed by atoms with van der Waals surface area (Å²) in [5, 5.41) is 7.35. The number of aromatic nitrogens is 4. The Morgan fingerprint density at radius 1 is 1.29 bits per heavy atom. The molecule has 3 atom stereocenters. The first-order chi connectivity index (χ1) is 13.7. The first-order valence-corrected chi connectivity index (χ1v) is 9.30. The topological polar surface area (TPSA) is 101 Å². The third-order valence-corrected chi connectivity index (χ3v) is 5.73. The second kappa shape index (κ2) is 6.61. The molecule has 3 unspecified atom stereocenters. The first-order valence-electron chi connectivity index (χ1n) is 9.30. The highest BCUT2D eigenvalue weighted by Crippen LogP contribution is 2.34. The third-order valence-electron chi connectivity index (χ3n) is 5.73. The lowest BCUT2D eigenvalue weighted by Crippen LogP contribution is -2.48. The van der Waals surface area contributed by atoms with Gasteiger partial charge in [0.1, 0.15) is 24.3 Å². The van der Waals surface area contributed by atoms with Crippen LogP contribution in [-0.2, 0) is 11.2 Å². The van der Waals surface area contributed by atoms with E-state index in [4.69, 9.17) is 5.73 Å². The fourth-order valence-corrected chi connectivity index (χ4v) is 4.32. The molecule has 2 aliphatic heterocycles. The van der Waals surface area contributed by atoms with Crippen molar-refractivity contribution < 1.29 is 9.18 Å². The molecule has 0 saturated carbocycles. The number of hydrogen-bond donors (Lipinski definition) is 2. The van der Waals surface area contributed by atoms with Gasteiger partial charge >= 0.3 is 0 Å². The maximum atomic E-state index is 14.3. The fourth-order valence-electron chi connectivity index (χ4n) is 4.32. The number of rotatable bonds is 3. The molecule has 0 amide bonds. The van der Waals surface area contributed by atoms with Crippen molar-refractivity contribution in [1.82, 2.24) is 29.8 Å². The number of carbonyl (C=O) groups is 1. The Morgan fingerprint density at radius 3 is 2.96 bits per heavy atom. The molecule has 3 aromatic rings. The van der Waals surface area contributed by atoms with Gasteiger partial charge in [0.05, 0.1) is 17.8 Å². The SMILES string of the molecule is Nc1ncnn2c(-c3cnc4c(c3)C(C=O)N(C3CNCC3F)CC4)ccc12. The van der Waals surface area contributed by atoms with E-state index >= 15 is 0 Å². The van der Waals surface area contributed by atoms with E-state index in [1.165, 1.54) is 6.33 Å². The number of pyridine rings is 1. The normalized spacial score (nSPS) is 25.1. The lowest BCUT2D eigenvalue weighted by Gasteiger charge is -2.38. The summed E-state index contributed by atoms with van der Waals surface area (Å²) in [6, 6.07) is 4.91. The van der Waals surface area contributed by atoms with Crippen molar-refractivity contribution in [3.63, 3.8) is 0 Å². The van der Waals surface area contributed by atoms with E-state index in [2.05, 4.69) is 20.4 Å². The predicted molar refractivity (Wildman–Crippen MR) is 101 cm³/mol. The van der Waals surface area contributed by atoms with Crippen LogP contribution in [0.4, 0.5) is 10.2 Å². The summed E-state index contributed by atoms with van der Waals surface area (Å²) in [6.07, 6.45) is 3.79. The molecule has 1 fully saturated rings. The average Bonchev–Trinajstić information content (AvgIpc) is 3.33. The molecule has 28 heavy (non-hydrogen) atoms. The van der Waals surface area contributed by atoms with Gasteiger partial charge in [-0.05, 0) is 23.8 Å². The summed E-state index contributed by atoms with van der Waals surface area (Å²) in [5.74, 6) is 0.395. The van der Waals surface area contributed by atoms with Gasteiger partial charge in [-0.2, -0.15) is 5.10 Å². The Bertz CT molecular complexity index is 1050. The number of nitrogens with zero attached hydrogens (tertiary/aromatic N) is 5. The smallest absolute Gasteiger partial charge is 0.151 e. The van der Waals surface area contributed by atoms with Crippen LogP contribution in [0.2, 0.25) is 0 Å². The zero-order valence-electron chi connectivity index (χ0n) is 15.1. The lowest BCUT2D eigenvalue weighted by atomic mass is 9.93. The standard InChI is InChI=1S/C19H20FN7O/c20-13-7-22-8-17(13)26-4-3-14-12(18(26)9-28)5-11(6-23-14)15-1-2-16-19(21)24-10-25-27(15)16/h1-2,5-6,9-10,13,17-18,22H,3-4,7-8H2,(H2,21,24,25). The fraction of sp³-hybridized carbons (Fsp3) is 0.368. The molecular formula is C19H20FN7O. The average molecular weight is 381 g/mol. The van der Waals surface area contributed by atoms with Crippen LogP contribution in [-0.4, -0.2) is 62.6 Å². The first kappa shape index (κ1) is 17.2. The van der Waals surface area contributed by atoms with Crippen LogP contribution >= 0.6 is 0 Å². The number of anilines is 1. The number of nitrogens with one attached hydrogen (secondary N) is 1. The molecule has 2 aliphatic rings. The number of carbonyl (C=O) groups excluding carboxylic acids is 1. The van der Waals surface area contributed by atoms with Gasteiger partial charge in [-0.25, -0.2) is 13.9 Å². The monoisotopic (exact) mass is 381 g/mol. The maximum Gasteiger partial charge on any atom is 0.151 e. The van der Waals surface area contributed by atoms with E-state index in [0.29, 0.717) is 37.4 Å². The molecule has 9 heteroatoms. The van der Waals surface area contributed by atoms with E-state index in [1.54, 1.807) is 10.7 Å². The van der Waals surface area contributed by atoms with E-state index in [9.17, 15) is 9.18 Å². The highest BCUT2D eigenvalue weighted by Gasteiger charge is 2.39. The summed E-state index contributed by atoms with van der Waals surface area (Å²) in [6.45, 7) is 1.50. The van der Waals surface area contributed by atoms with Crippen molar-refractivity contribution in [3.8, 4) is 11.3 Å². The van der Waals surface area contributed by atoms with Gasteiger partial charge in [0.25, 0.3) is 0 Å². The molecule has 3 aromatic heterocycles. The largest absolute Gasteiger partial charge is 0.382 e. The van der Waals surface area contributed by atoms with Gasteiger partial charge in [-0.15, -0.1) is 0 Å². The molecule has 8 nitrogen and oxygen atoms in total. The van der Waals surface area contributed by atoms with Crippen molar-refractivity contribution in [2.45, 2.75) is 24.7 Å². The second-order valence-corrected chi connectivity index (χ2v) is 7.23. The highest BCUT2D eigenvalue weighted by atomic mass is 19.1. The molecule has 3 N–H and O–H groups in total. The van der Waals surface area contributed by atoms with Crippen LogP contribution in [0.3, 0.4) is 0 Å². The highest BCUT2D eigenvalue weighted by molar-refractivity contribution is 5.74. The number of halogens is 1. The van der Waals surface area contributed by atoms with Gasteiger partial charge in [-0.1, -0.05) is 0 Å². The predicted octanol–water partition coefficient (Wildman–Crippen LogP) is 0.781. The lowest BCUT2D eigenvalue weighted by molar-refractivity contribution is -0.114. The van der Waals surface area contributed by atoms with Crippen molar-refractivity contribution in [1.29, 1.82) is 0 Å². The zero-order chi connectivity index (χ0) is 19.3. The summed E-state index contributed by atoms with van der Waals surface area (Å²) >= 11 is 0. The Balaban J connectivity index is 1.57. The molecule has 0 spiro atoms. The minimum absolute atomic E-state index is 0.298. The number of nitrogens with two attached hydrogens (primary N) is 1. The molecule has 5 rings (SSSR count). The quantitative estimate of drug-likeness (QED) is 0.647. The molecule has 0 aliphatic carbocycles. The van der Waals surface area contributed by atoms with Crippen molar-refractivity contribution in [3.05, 3.63) is 42.0 Å². The van der Waals surface area contributed by atoms with E-state index in [-0.39, 0.29) is 6.04 Å². The Hall–Kier alpha value is -2.91. The van der Waals surface area contributed by atoms with Crippen LogP contribution in [0.15, 0.2) is 30.7 Å². The molecule has 144 valence electrons. The maximum absolute atomic E-state index is 14.3. The number of fused-ring (bicyclic) bond motifs is 2. The molecule has 0 aromatic carbocycles.